The molecule has 1 N–H and O–H groups in total. The molecule has 1 aromatic rings. The fourth-order valence-corrected chi connectivity index (χ4v) is 3.18. The van der Waals surface area contributed by atoms with Crippen LogP contribution in [0.1, 0.15) is 58.1 Å². The maximum Gasteiger partial charge on any atom is 0.0472 e. The molecule has 2 nitrogen and oxygen atoms in total. The minimum absolute atomic E-state index is 0.537. The van der Waals surface area contributed by atoms with Crippen LogP contribution in [0, 0.1) is 5.92 Å². The summed E-state index contributed by atoms with van der Waals surface area (Å²) in [5, 5.41) is 3.77. The first-order valence-electron chi connectivity index (χ1n) is 8.69. The Balaban J connectivity index is 1.90. The average molecular weight is 288 g/mol. The summed E-state index contributed by atoms with van der Waals surface area (Å²) >= 11 is 0. The minimum Gasteiger partial charge on any atom is -0.312 e. The molecule has 118 valence electrons. The fraction of sp³-hybridized carbons (Fsp3) is 0.684. The summed E-state index contributed by atoms with van der Waals surface area (Å²) in [6.07, 6.45) is 5.30. The molecule has 0 aromatic heterocycles. The first kappa shape index (κ1) is 16.5. The standard InChI is InChI=1S/C19H32N2/c1-16(2)11-12-17(3)20-15-19(21-13-7-8-14-21)18-9-5-4-6-10-18/h4-6,9-10,16-17,19-20H,7-8,11-15H2,1-3H3. The van der Waals surface area contributed by atoms with E-state index < -0.39 is 0 Å². The van der Waals surface area contributed by atoms with E-state index in [4.69, 9.17) is 0 Å². The van der Waals surface area contributed by atoms with Crippen LogP contribution in [0.25, 0.3) is 0 Å². The van der Waals surface area contributed by atoms with E-state index in [0.29, 0.717) is 12.1 Å². The molecule has 1 fully saturated rings. The summed E-state index contributed by atoms with van der Waals surface area (Å²) < 4.78 is 0. The summed E-state index contributed by atoms with van der Waals surface area (Å²) in [6.45, 7) is 10.5. The largest absolute Gasteiger partial charge is 0.312 e. The Morgan fingerprint density at radius 1 is 1.00 bits per heavy atom. The molecule has 2 unspecified atom stereocenters. The lowest BCUT2D eigenvalue weighted by atomic mass is 10.0. The third-order valence-electron chi connectivity index (χ3n) is 4.60. The lowest BCUT2D eigenvalue weighted by Crippen LogP contribution is -2.37. The first-order valence-corrected chi connectivity index (χ1v) is 8.69. The van der Waals surface area contributed by atoms with Gasteiger partial charge in [-0.25, -0.2) is 0 Å². The normalized spacial score (nSPS) is 19.0. The Kier molecular flexibility index (Phi) is 6.72. The van der Waals surface area contributed by atoms with Crippen molar-refractivity contribution in [1.29, 1.82) is 0 Å². The lowest BCUT2D eigenvalue weighted by molar-refractivity contribution is 0.231. The predicted octanol–water partition coefficient (Wildman–Crippen LogP) is 4.24. The number of benzene rings is 1. The molecular weight excluding hydrogens is 256 g/mol. The van der Waals surface area contributed by atoms with Crippen LogP contribution < -0.4 is 5.32 Å². The summed E-state index contributed by atoms with van der Waals surface area (Å²) in [5.41, 5.74) is 1.46. The van der Waals surface area contributed by atoms with E-state index in [0.717, 1.165) is 12.5 Å². The minimum atomic E-state index is 0.537. The van der Waals surface area contributed by atoms with Gasteiger partial charge >= 0.3 is 0 Å². The quantitative estimate of drug-likeness (QED) is 0.770. The van der Waals surface area contributed by atoms with Gasteiger partial charge in [-0.15, -0.1) is 0 Å². The van der Waals surface area contributed by atoms with Gasteiger partial charge in [0.15, 0.2) is 0 Å². The van der Waals surface area contributed by atoms with Crippen molar-refractivity contribution in [3.8, 4) is 0 Å². The summed E-state index contributed by atoms with van der Waals surface area (Å²) in [7, 11) is 0. The van der Waals surface area contributed by atoms with Crippen molar-refractivity contribution >= 4 is 0 Å². The van der Waals surface area contributed by atoms with Gasteiger partial charge in [0.25, 0.3) is 0 Å². The Morgan fingerprint density at radius 3 is 2.29 bits per heavy atom. The highest BCUT2D eigenvalue weighted by atomic mass is 15.2. The molecule has 1 saturated heterocycles. The van der Waals surface area contributed by atoms with E-state index in [2.05, 4.69) is 61.3 Å². The number of nitrogens with zero attached hydrogens (tertiary/aromatic N) is 1. The van der Waals surface area contributed by atoms with Crippen LogP contribution in [0.15, 0.2) is 30.3 Å². The molecule has 1 aliphatic heterocycles. The van der Waals surface area contributed by atoms with Gasteiger partial charge in [0.2, 0.25) is 0 Å². The van der Waals surface area contributed by atoms with Crippen LogP contribution >= 0.6 is 0 Å². The molecule has 2 rings (SSSR count). The topological polar surface area (TPSA) is 15.3 Å². The van der Waals surface area contributed by atoms with Crippen LogP contribution in [-0.4, -0.2) is 30.6 Å². The van der Waals surface area contributed by atoms with Crippen LogP contribution in [0.2, 0.25) is 0 Å². The zero-order valence-corrected chi connectivity index (χ0v) is 14.0. The van der Waals surface area contributed by atoms with E-state index in [-0.39, 0.29) is 0 Å². The van der Waals surface area contributed by atoms with Crippen molar-refractivity contribution < 1.29 is 0 Å². The van der Waals surface area contributed by atoms with Gasteiger partial charge in [-0.3, -0.25) is 4.90 Å². The maximum absolute atomic E-state index is 3.77. The van der Waals surface area contributed by atoms with E-state index in [1.54, 1.807) is 0 Å². The summed E-state index contributed by atoms with van der Waals surface area (Å²) in [6, 6.07) is 12.2. The number of hydrogen-bond donors (Lipinski definition) is 1. The Bertz CT molecular complexity index is 382. The number of nitrogens with one attached hydrogen (secondary N) is 1. The molecule has 1 aliphatic rings. The molecule has 1 aromatic carbocycles. The Morgan fingerprint density at radius 2 is 1.67 bits per heavy atom. The van der Waals surface area contributed by atoms with Gasteiger partial charge in [-0.05, 0) is 57.2 Å². The SMILES string of the molecule is CC(C)CCC(C)NCC(c1ccccc1)N1CCCC1. The molecule has 0 aliphatic carbocycles. The first-order chi connectivity index (χ1) is 10.2. The van der Waals surface area contributed by atoms with Gasteiger partial charge < -0.3 is 5.32 Å². The van der Waals surface area contributed by atoms with E-state index in [1.807, 2.05) is 0 Å². The molecule has 0 bridgehead atoms. The third kappa shape index (κ3) is 5.44. The Labute approximate surface area is 130 Å². The predicted molar refractivity (Wildman–Crippen MR) is 91.5 cm³/mol. The van der Waals surface area contributed by atoms with E-state index >= 15 is 0 Å². The van der Waals surface area contributed by atoms with Crippen LogP contribution in [0.3, 0.4) is 0 Å². The highest BCUT2D eigenvalue weighted by molar-refractivity contribution is 5.19. The molecular formula is C19H32N2. The van der Waals surface area contributed by atoms with E-state index in [9.17, 15) is 0 Å². The molecule has 21 heavy (non-hydrogen) atoms. The zero-order valence-electron chi connectivity index (χ0n) is 14.0. The molecule has 0 spiro atoms. The molecule has 0 radical (unpaired) electrons. The van der Waals surface area contributed by atoms with Crippen LogP contribution in [-0.2, 0) is 0 Å². The van der Waals surface area contributed by atoms with Crippen LogP contribution in [0.4, 0.5) is 0 Å². The Hall–Kier alpha value is -0.860. The number of likely N-dealkylation sites (tertiary alicyclic amines) is 1. The molecule has 0 saturated carbocycles. The number of rotatable bonds is 8. The average Bonchev–Trinajstić information content (AvgIpc) is 3.00. The van der Waals surface area contributed by atoms with Crippen molar-refractivity contribution in [3.63, 3.8) is 0 Å². The van der Waals surface area contributed by atoms with E-state index in [1.165, 1.54) is 44.3 Å². The second-order valence-corrected chi connectivity index (χ2v) is 6.95. The second kappa shape index (κ2) is 8.55. The smallest absolute Gasteiger partial charge is 0.0472 e. The van der Waals surface area contributed by atoms with Crippen molar-refractivity contribution in [1.82, 2.24) is 10.2 Å². The van der Waals surface area contributed by atoms with Gasteiger partial charge in [-0.2, -0.15) is 0 Å². The molecule has 2 heteroatoms. The second-order valence-electron chi connectivity index (χ2n) is 6.95. The fourth-order valence-electron chi connectivity index (χ4n) is 3.18. The molecule has 1 heterocycles. The van der Waals surface area contributed by atoms with Crippen molar-refractivity contribution in [2.24, 2.45) is 5.92 Å². The van der Waals surface area contributed by atoms with Crippen molar-refractivity contribution in [3.05, 3.63) is 35.9 Å². The zero-order chi connectivity index (χ0) is 15.1. The van der Waals surface area contributed by atoms with Gasteiger partial charge in [0.1, 0.15) is 0 Å². The number of hydrogen-bond acceptors (Lipinski definition) is 2. The maximum atomic E-state index is 3.77. The van der Waals surface area contributed by atoms with Crippen molar-refractivity contribution in [2.45, 2.75) is 58.5 Å². The molecule has 2 atom stereocenters. The highest BCUT2D eigenvalue weighted by Crippen LogP contribution is 2.24. The van der Waals surface area contributed by atoms with Crippen LogP contribution in [0.5, 0.6) is 0 Å². The summed E-state index contributed by atoms with van der Waals surface area (Å²) in [5.74, 6) is 0.803. The van der Waals surface area contributed by atoms with Gasteiger partial charge in [0, 0.05) is 18.6 Å². The molecule has 0 amide bonds. The van der Waals surface area contributed by atoms with Gasteiger partial charge in [-0.1, -0.05) is 44.2 Å². The van der Waals surface area contributed by atoms with Gasteiger partial charge in [0.05, 0.1) is 0 Å². The monoisotopic (exact) mass is 288 g/mol. The van der Waals surface area contributed by atoms with Crippen molar-refractivity contribution in [2.75, 3.05) is 19.6 Å². The summed E-state index contributed by atoms with van der Waals surface area (Å²) in [4.78, 5) is 2.65. The third-order valence-corrected chi connectivity index (χ3v) is 4.60. The lowest BCUT2D eigenvalue weighted by Gasteiger charge is -2.29. The highest BCUT2D eigenvalue weighted by Gasteiger charge is 2.23.